The molecular weight excluding hydrogens is 252 g/mol. The molecule has 0 fully saturated rings. The van der Waals surface area contributed by atoms with Crippen molar-refractivity contribution in [2.24, 2.45) is 0 Å². The van der Waals surface area contributed by atoms with Gasteiger partial charge >= 0.3 is 0 Å². The number of ether oxygens (including phenoxy) is 2. The number of hydrogen-bond donors (Lipinski definition) is 0. The van der Waals surface area contributed by atoms with Gasteiger partial charge in [-0.05, 0) is 29.2 Å². The number of carbonyl (C=O) groups excluding carboxylic acids is 1. The van der Waals surface area contributed by atoms with Gasteiger partial charge in [0.15, 0.2) is 0 Å². The molecular formula is C17H16O3. The van der Waals surface area contributed by atoms with E-state index in [9.17, 15) is 4.79 Å². The van der Waals surface area contributed by atoms with Crippen LogP contribution in [0.2, 0.25) is 0 Å². The first-order valence-electron chi connectivity index (χ1n) is 6.75. The summed E-state index contributed by atoms with van der Waals surface area (Å²) in [4.78, 5) is 10.8. The molecule has 1 atom stereocenters. The molecule has 0 saturated heterocycles. The monoisotopic (exact) mass is 268 g/mol. The molecule has 1 aliphatic rings. The summed E-state index contributed by atoms with van der Waals surface area (Å²) < 4.78 is 10.8. The molecule has 20 heavy (non-hydrogen) atoms. The molecule has 0 amide bonds. The van der Waals surface area contributed by atoms with E-state index in [1.165, 1.54) is 11.1 Å². The average Bonchev–Trinajstić information content (AvgIpc) is 2.82. The van der Waals surface area contributed by atoms with Gasteiger partial charge in [-0.15, -0.1) is 0 Å². The van der Waals surface area contributed by atoms with Gasteiger partial charge < -0.3 is 9.47 Å². The van der Waals surface area contributed by atoms with Crippen LogP contribution in [0.15, 0.2) is 48.5 Å². The third-order valence-corrected chi connectivity index (χ3v) is 3.67. The van der Waals surface area contributed by atoms with Gasteiger partial charge in [0.2, 0.25) is 6.29 Å². The SMILES string of the molecule is CCOC(OC=O)C1c2ccccc2-c2ccccc21. The quantitative estimate of drug-likeness (QED) is 0.616. The van der Waals surface area contributed by atoms with E-state index in [-0.39, 0.29) is 5.92 Å². The fraction of sp³-hybridized carbons (Fsp3) is 0.235. The molecule has 0 aromatic heterocycles. The second-order valence-corrected chi connectivity index (χ2v) is 4.71. The molecule has 0 saturated carbocycles. The van der Waals surface area contributed by atoms with Crippen LogP contribution in [0.3, 0.4) is 0 Å². The highest BCUT2D eigenvalue weighted by Crippen LogP contribution is 2.46. The zero-order valence-corrected chi connectivity index (χ0v) is 11.3. The molecule has 2 aromatic carbocycles. The highest BCUT2D eigenvalue weighted by Gasteiger charge is 2.35. The molecule has 0 N–H and O–H groups in total. The lowest BCUT2D eigenvalue weighted by Gasteiger charge is -2.23. The maximum atomic E-state index is 10.8. The summed E-state index contributed by atoms with van der Waals surface area (Å²) in [6.07, 6.45) is -0.581. The molecule has 2 aromatic rings. The van der Waals surface area contributed by atoms with E-state index in [0.29, 0.717) is 13.1 Å². The molecule has 1 aliphatic carbocycles. The maximum absolute atomic E-state index is 10.8. The first kappa shape index (κ1) is 12.9. The van der Waals surface area contributed by atoms with Crippen LogP contribution >= 0.6 is 0 Å². The molecule has 3 heteroatoms. The van der Waals surface area contributed by atoms with Gasteiger partial charge in [0, 0.05) is 6.61 Å². The molecule has 0 aliphatic heterocycles. The van der Waals surface area contributed by atoms with Crippen molar-refractivity contribution >= 4 is 6.47 Å². The van der Waals surface area contributed by atoms with E-state index in [2.05, 4.69) is 24.3 Å². The lowest BCUT2D eigenvalue weighted by atomic mass is 9.96. The third kappa shape index (κ3) is 2.00. The van der Waals surface area contributed by atoms with Crippen molar-refractivity contribution < 1.29 is 14.3 Å². The first-order valence-corrected chi connectivity index (χ1v) is 6.75. The van der Waals surface area contributed by atoms with E-state index < -0.39 is 6.29 Å². The molecule has 3 nitrogen and oxygen atoms in total. The van der Waals surface area contributed by atoms with Crippen LogP contribution < -0.4 is 0 Å². The Labute approximate surface area is 118 Å². The minimum absolute atomic E-state index is 0.0625. The molecule has 0 spiro atoms. The number of carbonyl (C=O) groups is 1. The van der Waals surface area contributed by atoms with Crippen molar-refractivity contribution in [1.29, 1.82) is 0 Å². The van der Waals surface area contributed by atoms with Crippen molar-refractivity contribution in [3.63, 3.8) is 0 Å². The predicted octanol–water partition coefficient (Wildman–Crippen LogP) is 3.33. The molecule has 0 bridgehead atoms. The van der Waals surface area contributed by atoms with Gasteiger partial charge in [-0.3, -0.25) is 4.79 Å². The summed E-state index contributed by atoms with van der Waals surface area (Å²) in [5.41, 5.74) is 4.67. The van der Waals surface area contributed by atoms with Gasteiger partial charge in [-0.25, -0.2) is 0 Å². The zero-order valence-electron chi connectivity index (χ0n) is 11.3. The van der Waals surface area contributed by atoms with Crippen LogP contribution in [-0.4, -0.2) is 19.4 Å². The number of benzene rings is 2. The Hall–Kier alpha value is -2.13. The van der Waals surface area contributed by atoms with E-state index in [4.69, 9.17) is 9.47 Å². The van der Waals surface area contributed by atoms with Crippen molar-refractivity contribution in [2.75, 3.05) is 6.61 Å². The lowest BCUT2D eigenvalue weighted by Crippen LogP contribution is -2.25. The van der Waals surface area contributed by atoms with Gasteiger partial charge in [0.1, 0.15) is 0 Å². The molecule has 1 unspecified atom stereocenters. The van der Waals surface area contributed by atoms with Crippen LogP contribution in [-0.2, 0) is 14.3 Å². The van der Waals surface area contributed by atoms with Crippen LogP contribution in [0, 0.1) is 0 Å². The second-order valence-electron chi connectivity index (χ2n) is 4.71. The first-order chi connectivity index (χ1) is 9.86. The fourth-order valence-electron chi connectivity index (χ4n) is 2.92. The standard InChI is InChI=1S/C17H16O3/c1-2-19-17(20-11-18)16-14-9-5-3-7-12(14)13-8-4-6-10-15(13)16/h3-11,16-17H,2H2,1H3. The third-order valence-electron chi connectivity index (χ3n) is 3.67. The normalized spacial score (nSPS) is 14.4. The summed E-state index contributed by atoms with van der Waals surface area (Å²) in [5.74, 6) is -0.0625. The van der Waals surface area contributed by atoms with Gasteiger partial charge in [0.05, 0.1) is 5.92 Å². The van der Waals surface area contributed by atoms with Gasteiger partial charge in [-0.1, -0.05) is 48.5 Å². The van der Waals surface area contributed by atoms with E-state index in [1.807, 2.05) is 31.2 Å². The molecule has 0 radical (unpaired) electrons. The Morgan fingerprint density at radius 2 is 1.60 bits per heavy atom. The molecule has 0 heterocycles. The van der Waals surface area contributed by atoms with E-state index in [0.717, 1.165) is 11.1 Å². The van der Waals surface area contributed by atoms with E-state index >= 15 is 0 Å². The maximum Gasteiger partial charge on any atom is 0.295 e. The number of fused-ring (bicyclic) bond motifs is 3. The summed E-state index contributed by atoms with van der Waals surface area (Å²) in [7, 11) is 0. The van der Waals surface area contributed by atoms with Crippen molar-refractivity contribution in [3.05, 3.63) is 59.7 Å². The van der Waals surface area contributed by atoms with Crippen LogP contribution in [0.1, 0.15) is 24.0 Å². The van der Waals surface area contributed by atoms with Crippen LogP contribution in [0.5, 0.6) is 0 Å². The minimum Gasteiger partial charge on any atom is -0.437 e. The lowest BCUT2D eigenvalue weighted by molar-refractivity contribution is -0.165. The van der Waals surface area contributed by atoms with Crippen molar-refractivity contribution in [1.82, 2.24) is 0 Å². The highest BCUT2D eigenvalue weighted by atomic mass is 16.7. The van der Waals surface area contributed by atoms with Crippen LogP contribution in [0.4, 0.5) is 0 Å². The number of rotatable bonds is 5. The fourth-order valence-corrected chi connectivity index (χ4v) is 2.92. The Morgan fingerprint density at radius 1 is 1.05 bits per heavy atom. The second kappa shape index (κ2) is 5.47. The summed E-state index contributed by atoms with van der Waals surface area (Å²) in [5, 5.41) is 0. The topological polar surface area (TPSA) is 35.5 Å². The largest absolute Gasteiger partial charge is 0.437 e. The molecule has 3 rings (SSSR count). The van der Waals surface area contributed by atoms with Crippen molar-refractivity contribution in [3.8, 4) is 11.1 Å². The summed E-state index contributed by atoms with van der Waals surface area (Å²) in [6, 6.07) is 16.4. The Balaban J connectivity index is 2.12. The van der Waals surface area contributed by atoms with Gasteiger partial charge in [0.25, 0.3) is 6.47 Å². The Kier molecular flexibility index (Phi) is 3.52. The Bertz CT molecular complexity index is 576. The summed E-state index contributed by atoms with van der Waals surface area (Å²) in [6.45, 7) is 2.86. The van der Waals surface area contributed by atoms with Crippen LogP contribution in [0.25, 0.3) is 11.1 Å². The smallest absolute Gasteiger partial charge is 0.295 e. The average molecular weight is 268 g/mol. The molecule has 102 valence electrons. The Morgan fingerprint density at radius 3 is 2.10 bits per heavy atom. The number of hydrogen-bond acceptors (Lipinski definition) is 3. The predicted molar refractivity (Wildman–Crippen MR) is 76.3 cm³/mol. The highest BCUT2D eigenvalue weighted by molar-refractivity contribution is 5.79. The van der Waals surface area contributed by atoms with Gasteiger partial charge in [-0.2, -0.15) is 0 Å². The minimum atomic E-state index is -0.581. The van der Waals surface area contributed by atoms with Crippen molar-refractivity contribution in [2.45, 2.75) is 19.1 Å². The summed E-state index contributed by atoms with van der Waals surface area (Å²) >= 11 is 0. The van der Waals surface area contributed by atoms with E-state index in [1.54, 1.807) is 0 Å². The zero-order chi connectivity index (χ0) is 13.9.